The van der Waals surface area contributed by atoms with Crippen LogP contribution in [0.2, 0.25) is 0 Å². The van der Waals surface area contributed by atoms with Crippen LogP contribution in [0.4, 0.5) is 4.39 Å². The first-order valence-electron chi connectivity index (χ1n) is 4.40. The van der Waals surface area contributed by atoms with Crippen LogP contribution >= 0.6 is 0 Å². The molecular formula is C8H14FNO3S. The van der Waals surface area contributed by atoms with E-state index < -0.39 is 27.9 Å². The van der Waals surface area contributed by atoms with E-state index in [-0.39, 0.29) is 6.54 Å². The van der Waals surface area contributed by atoms with Crippen molar-refractivity contribution >= 4 is 17.0 Å². The van der Waals surface area contributed by atoms with E-state index in [2.05, 4.69) is 0 Å². The minimum absolute atomic E-state index is 0.0727. The molecule has 1 heterocycles. The molecule has 1 N–H and O–H groups in total. The first-order chi connectivity index (χ1) is 6.35. The number of alkyl halides is 1. The van der Waals surface area contributed by atoms with E-state index in [4.69, 9.17) is 5.11 Å². The largest absolute Gasteiger partial charge is 0.480 e. The van der Waals surface area contributed by atoms with Crippen LogP contribution in [0, 0.1) is 0 Å². The fourth-order valence-electron chi connectivity index (χ4n) is 1.24. The maximum Gasteiger partial charge on any atom is 0.323 e. The first-order valence-corrected chi connectivity index (χ1v) is 5.50. The lowest BCUT2D eigenvalue weighted by atomic mass is 10.2. The maximum atomic E-state index is 12.8. The molecule has 0 aromatic carbocycles. The molecule has 2 atom stereocenters. The standard InChI is InChI=1S/C8H14FNO3S/c1-8(2,7(11)12)14(13)10-4-3-6(9)5-10/h6H,3-5H2,1-2H3,(H,11,12)/t6-,14?/m1/s1. The van der Waals surface area contributed by atoms with Crippen molar-refractivity contribution in [3.05, 3.63) is 0 Å². The molecular weight excluding hydrogens is 209 g/mol. The smallest absolute Gasteiger partial charge is 0.323 e. The zero-order chi connectivity index (χ0) is 10.9. The molecule has 14 heavy (non-hydrogen) atoms. The molecule has 0 aliphatic carbocycles. The molecule has 4 nitrogen and oxygen atoms in total. The third-order valence-electron chi connectivity index (χ3n) is 2.28. The Kier molecular flexibility index (Phi) is 3.26. The molecule has 0 aromatic heterocycles. The highest BCUT2D eigenvalue weighted by molar-refractivity contribution is 7.84. The summed E-state index contributed by atoms with van der Waals surface area (Å²) in [5, 5.41) is 8.82. The van der Waals surface area contributed by atoms with Gasteiger partial charge in [-0.2, -0.15) is 0 Å². The van der Waals surface area contributed by atoms with Crippen molar-refractivity contribution in [2.24, 2.45) is 0 Å². The van der Waals surface area contributed by atoms with E-state index in [0.29, 0.717) is 13.0 Å². The summed E-state index contributed by atoms with van der Waals surface area (Å²) in [5.41, 5.74) is 0. The van der Waals surface area contributed by atoms with E-state index in [9.17, 15) is 13.4 Å². The van der Waals surface area contributed by atoms with Crippen LogP contribution in [0.15, 0.2) is 0 Å². The van der Waals surface area contributed by atoms with Crippen molar-refractivity contribution in [1.29, 1.82) is 0 Å². The Morgan fingerprint density at radius 2 is 2.21 bits per heavy atom. The SMILES string of the molecule is CC(C)(C(=O)O)S(=O)N1CC[C@@H](F)C1. The quantitative estimate of drug-likeness (QED) is 0.760. The van der Waals surface area contributed by atoms with Crippen LogP contribution in [0.1, 0.15) is 20.3 Å². The summed E-state index contributed by atoms with van der Waals surface area (Å²) < 4.78 is 24.6. The van der Waals surface area contributed by atoms with Gasteiger partial charge in [-0.15, -0.1) is 0 Å². The number of rotatable bonds is 3. The predicted molar refractivity (Wildman–Crippen MR) is 50.9 cm³/mol. The van der Waals surface area contributed by atoms with Crippen LogP contribution in [0.25, 0.3) is 0 Å². The number of halogens is 1. The number of nitrogens with zero attached hydrogens (tertiary/aromatic N) is 1. The number of hydrogen-bond donors (Lipinski definition) is 1. The lowest BCUT2D eigenvalue weighted by Gasteiger charge is -2.24. The van der Waals surface area contributed by atoms with E-state index in [1.165, 1.54) is 18.2 Å². The summed E-state index contributed by atoms with van der Waals surface area (Å²) in [4.78, 5) is 10.8. The third kappa shape index (κ3) is 2.12. The molecule has 1 aliphatic rings. The van der Waals surface area contributed by atoms with Crippen LogP contribution < -0.4 is 0 Å². The van der Waals surface area contributed by atoms with E-state index in [0.717, 1.165) is 0 Å². The molecule has 6 heteroatoms. The molecule has 1 unspecified atom stereocenters. The second-order valence-electron chi connectivity index (χ2n) is 3.84. The number of carboxylic acid groups (broad SMARTS) is 1. The van der Waals surface area contributed by atoms with E-state index in [1.54, 1.807) is 0 Å². The molecule has 0 bridgehead atoms. The molecule has 1 fully saturated rings. The molecule has 1 saturated heterocycles. The van der Waals surface area contributed by atoms with Gasteiger partial charge in [-0.25, -0.2) is 12.9 Å². The highest BCUT2D eigenvalue weighted by atomic mass is 32.2. The van der Waals surface area contributed by atoms with Gasteiger partial charge in [0.25, 0.3) is 0 Å². The van der Waals surface area contributed by atoms with Crippen molar-refractivity contribution in [3.8, 4) is 0 Å². The monoisotopic (exact) mass is 223 g/mol. The molecule has 1 aliphatic heterocycles. The minimum Gasteiger partial charge on any atom is -0.480 e. The summed E-state index contributed by atoms with van der Waals surface area (Å²) in [6, 6.07) is 0. The predicted octanol–water partition coefficient (Wildman–Crippen LogP) is 0.557. The number of carbonyl (C=O) groups is 1. The number of aliphatic carboxylic acids is 1. The average molecular weight is 223 g/mol. The topological polar surface area (TPSA) is 57.6 Å². The average Bonchev–Trinajstić information content (AvgIpc) is 2.50. The number of hydrogen-bond acceptors (Lipinski definition) is 2. The van der Waals surface area contributed by atoms with Crippen molar-refractivity contribution in [1.82, 2.24) is 4.31 Å². The van der Waals surface area contributed by atoms with Crippen molar-refractivity contribution in [2.45, 2.75) is 31.2 Å². The Balaban J connectivity index is 2.70. The second-order valence-corrected chi connectivity index (χ2v) is 5.87. The number of carboxylic acids is 1. The van der Waals surface area contributed by atoms with Crippen molar-refractivity contribution in [2.75, 3.05) is 13.1 Å². The lowest BCUT2D eigenvalue weighted by molar-refractivity contribution is -0.139. The van der Waals surface area contributed by atoms with Crippen LogP contribution in [0.3, 0.4) is 0 Å². The van der Waals surface area contributed by atoms with E-state index >= 15 is 0 Å². The van der Waals surface area contributed by atoms with E-state index in [1.807, 2.05) is 0 Å². The fraction of sp³-hybridized carbons (Fsp3) is 0.875. The Morgan fingerprint density at radius 1 is 1.64 bits per heavy atom. The Bertz CT molecular complexity index is 269. The molecule has 0 amide bonds. The van der Waals surface area contributed by atoms with Gasteiger partial charge in [-0.3, -0.25) is 4.79 Å². The summed E-state index contributed by atoms with van der Waals surface area (Å²) in [6.45, 7) is 3.21. The van der Waals surface area contributed by atoms with Crippen LogP contribution in [-0.4, -0.2) is 43.6 Å². The molecule has 1 rings (SSSR count). The normalized spacial score (nSPS) is 26.4. The second kappa shape index (κ2) is 3.94. The Hall–Kier alpha value is -0.490. The maximum absolute atomic E-state index is 12.8. The molecule has 0 aromatic rings. The van der Waals surface area contributed by atoms with Gasteiger partial charge in [0.2, 0.25) is 0 Å². The zero-order valence-electron chi connectivity index (χ0n) is 8.20. The van der Waals surface area contributed by atoms with Gasteiger partial charge in [0, 0.05) is 13.1 Å². The molecule has 82 valence electrons. The zero-order valence-corrected chi connectivity index (χ0v) is 9.01. The van der Waals surface area contributed by atoms with Gasteiger partial charge in [0.05, 0.1) is 0 Å². The highest BCUT2D eigenvalue weighted by Gasteiger charge is 2.40. The fourth-order valence-corrected chi connectivity index (χ4v) is 2.60. The van der Waals surface area contributed by atoms with Gasteiger partial charge in [-0.05, 0) is 20.3 Å². The Morgan fingerprint density at radius 3 is 2.57 bits per heavy atom. The third-order valence-corrected chi connectivity index (χ3v) is 4.13. The highest BCUT2D eigenvalue weighted by Crippen LogP contribution is 2.22. The van der Waals surface area contributed by atoms with Gasteiger partial charge < -0.3 is 5.11 Å². The van der Waals surface area contributed by atoms with Crippen molar-refractivity contribution < 1.29 is 18.5 Å². The minimum atomic E-state index is -1.66. The summed E-state index contributed by atoms with van der Waals surface area (Å²) in [6.07, 6.45) is -0.648. The van der Waals surface area contributed by atoms with Gasteiger partial charge >= 0.3 is 5.97 Å². The van der Waals surface area contributed by atoms with Gasteiger partial charge in [0.15, 0.2) is 4.75 Å². The summed E-state index contributed by atoms with van der Waals surface area (Å²) in [7, 11) is -1.66. The first kappa shape index (κ1) is 11.6. The van der Waals surface area contributed by atoms with Crippen LogP contribution in [0.5, 0.6) is 0 Å². The summed E-state index contributed by atoms with van der Waals surface area (Å²) >= 11 is 0. The molecule has 0 spiro atoms. The lowest BCUT2D eigenvalue weighted by Crippen LogP contribution is -2.44. The van der Waals surface area contributed by atoms with Gasteiger partial charge in [-0.1, -0.05) is 0 Å². The van der Waals surface area contributed by atoms with Gasteiger partial charge in [0.1, 0.15) is 17.2 Å². The molecule has 0 radical (unpaired) electrons. The van der Waals surface area contributed by atoms with Crippen molar-refractivity contribution in [3.63, 3.8) is 0 Å². The molecule has 0 saturated carbocycles. The Labute approximate surface area is 84.7 Å². The van der Waals surface area contributed by atoms with Crippen LogP contribution in [-0.2, 0) is 15.8 Å². The summed E-state index contributed by atoms with van der Waals surface area (Å²) in [5.74, 6) is -1.13.